The molecule has 1 aromatic carbocycles. The van der Waals surface area contributed by atoms with Crippen molar-refractivity contribution in [3.63, 3.8) is 0 Å². The summed E-state index contributed by atoms with van der Waals surface area (Å²) in [6.45, 7) is 10.9. The van der Waals surface area contributed by atoms with E-state index in [-0.39, 0.29) is 0 Å². The van der Waals surface area contributed by atoms with Crippen molar-refractivity contribution >= 4 is 39.3 Å². The van der Waals surface area contributed by atoms with Crippen molar-refractivity contribution in [2.45, 2.75) is 18.7 Å². The third-order valence-electron chi connectivity index (χ3n) is 3.06. The van der Waals surface area contributed by atoms with Gasteiger partial charge in [0.2, 0.25) is 10.8 Å². The number of aromatic nitrogens is 3. The zero-order valence-corrected chi connectivity index (χ0v) is 13.2. The molecule has 0 amide bonds. The highest BCUT2D eigenvalue weighted by Gasteiger charge is 2.15. The number of thiazole rings is 1. The molecule has 0 atom stereocenters. The second-order valence-electron chi connectivity index (χ2n) is 4.39. The van der Waals surface area contributed by atoms with Gasteiger partial charge in [0.05, 0.1) is 40.2 Å². The maximum absolute atomic E-state index is 8.19. The SMILES string of the molecule is [C-]#[N+]c1c(C)nn(-c2nc3ccc(SOOO)cc3s2)c1C. The molecule has 0 radical (unpaired) electrons. The molecule has 0 spiro atoms. The summed E-state index contributed by atoms with van der Waals surface area (Å²) in [5.41, 5.74) is 2.85. The van der Waals surface area contributed by atoms with Gasteiger partial charge in [0.25, 0.3) is 0 Å². The molecule has 0 bridgehead atoms. The zero-order valence-electron chi connectivity index (χ0n) is 11.6. The Hall–Kier alpha value is -1.96. The van der Waals surface area contributed by atoms with Crippen molar-refractivity contribution in [1.29, 1.82) is 0 Å². The lowest BCUT2D eigenvalue weighted by atomic mass is 10.3. The first kappa shape index (κ1) is 15.0. The Morgan fingerprint density at radius 1 is 1.41 bits per heavy atom. The average molecular weight is 334 g/mol. The summed E-state index contributed by atoms with van der Waals surface area (Å²) in [7, 11) is 0. The molecule has 0 aliphatic heterocycles. The fourth-order valence-electron chi connectivity index (χ4n) is 2.07. The maximum Gasteiger partial charge on any atom is 0.230 e. The normalized spacial score (nSPS) is 11.0. The maximum atomic E-state index is 8.19. The highest BCUT2D eigenvalue weighted by molar-refractivity contribution is 7.94. The number of nitrogens with zero attached hydrogens (tertiary/aromatic N) is 4. The van der Waals surface area contributed by atoms with Crippen LogP contribution in [0.25, 0.3) is 20.2 Å². The van der Waals surface area contributed by atoms with Gasteiger partial charge in [-0.2, -0.15) is 5.10 Å². The summed E-state index contributed by atoms with van der Waals surface area (Å²) in [5.74, 6) is 0. The largest absolute Gasteiger partial charge is 0.234 e. The van der Waals surface area contributed by atoms with Gasteiger partial charge in [-0.3, -0.25) is 0 Å². The van der Waals surface area contributed by atoms with E-state index in [1.54, 1.807) is 10.7 Å². The van der Waals surface area contributed by atoms with Crippen LogP contribution in [-0.2, 0) is 9.37 Å². The molecule has 112 valence electrons. The van der Waals surface area contributed by atoms with Crippen molar-refractivity contribution in [2.24, 2.45) is 0 Å². The van der Waals surface area contributed by atoms with E-state index in [1.165, 1.54) is 11.3 Å². The molecule has 0 saturated heterocycles. The standard InChI is InChI=1S/C13H10N4O3S2/c1-7-12(14-3)8(2)17(16-7)13-15-10-5-4-9(22-20-19-18)6-11(10)21-13/h4-6,18H,1-2H3. The van der Waals surface area contributed by atoms with Crippen LogP contribution >= 0.6 is 23.4 Å². The van der Waals surface area contributed by atoms with Crippen molar-refractivity contribution in [2.75, 3.05) is 0 Å². The van der Waals surface area contributed by atoms with Crippen LogP contribution in [0.15, 0.2) is 23.1 Å². The Bertz CT molecular complexity index is 881. The van der Waals surface area contributed by atoms with Crippen LogP contribution in [0.2, 0.25) is 0 Å². The molecular weight excluding hydrogens is 324 g/mol. The van der Waals surface area contributed by atoms with E-state index in [1.807, 2.05) is 26.0 Å². The third-order valence-corrected chi connectivity index (χ3v) is 4.62. The molecule has 3 rings (SSSR count). The molecule has 3 aromatic rings. The van der Waals surface area contributed by atoms with Gasteiger partial charge in [-0.1, -0.05) is 16.4 Å². The summed E-state index contributed by atoms with van der Waals surface area (Å²) in [4.78, 5) is 8.81. The van der Waals surface area contributed by atoms with Gasteiger partial charge in [0, 0.05) is 4.90 Å². The molecule has 22 heavy (non-hydrogen) atoms. The van der Waals surface area contributed by atoms with E-state index >= 15 is 0 Å². The molecule has 0 aliphatic carbocycles. The van der Waals surface area contributed by atoms with Gasteiger partial charge in [-0.15, -0.1) is 4.33 Å². The lowest BCUT2D eigenvalue weighted by Gasteiger charge is -1.97. The van der Waals surface area contributed by atoms with Gasteiger partial charge >= 0.3 is 0 Å². The molecule has 7 nitrogen and oxygen atoms in total. The van der Waals surface area contributed by atoms with Gasteiger partial charge in [-0.05, 0) is 32.0 Å². The highest BCUT2D eigenvalue weighted by atomic mass is 32.2. The van der Waals surface area contributed by atoms with Crippen molar-refractivity contribution in [3.8, 4) is 5.13 Å². The average Bonchev–Trinajstić information content (AvgIpc) is 3.05. The molecule has 2 aromatic heterocycles. The summed E-state index contributed by atoms with van der Waals surface area (Å²) in [6, 6.07) is 5.53. The molecule has 9 heteroatoms. The van der Waals surface area contributed by atoms with E-state index < -0.39 is 0 Å². The molecule has 0 saturated carbocycles. The Labute approximate surface area is 134 Å². The molecule has 2 heterocycles. The first-order valence-corrected chi connectivity index (χ1v) is 7.69. The van der Waals surface area contributed by atoms with Crippen LogP contribution in [0.3, 0.4) is 0 Å². The minimum Gasteiger partial charge on any atom is -0.234 e. The summed E-state index contributed by atoms with van der Waals surface area (Å²) < 4.78 is 7.05. The number of rotatable bonds is 4. The smallest absolute Gasteiger partial charge is 0.230 e. The van der Waals surface area contributed by atoms with E-state index in [4.69, 9.17) is 11.8 Å². The summed E-state index contributed by atoms with van der Waals surface area (Å²) >= 11 is 2.36. The minimum atomic E-state index is 0.559. The highest BCUT2D eigenvalue weighted by Crippen LogP contribution is 2.32. The van der Waals surface area contributed by atoms with Crippen molar-refractivity contribution < 1.29 is 14.6 Å². The number of fused-ring (bicyclic) bond motifs is 1. The molecule has 0 unspecified atom stereocenters. The van der Waals surface area contributed by atoms with Gasteiger partial charge in [-0.25, -0.2) is 19.8 Å². The molecule has 1 N–H and O–H groups in total. The summed E-state index contributed by atoms with van der Waals surface area (Å²) in [6.07, 6.45) is 0. The molecular formula is C13H10N4O3S2. The van der Waals surface area contributed by atoms with E-state index in [0.717, 1.165) is 32.8 Å². The summed E-state index contributed by atoms with van der Waals surface area (Å²) in [5, 5.41) is 16.9. The first-order valence-electron chi connectivity index (χ1n) is 6.13. The number of hydrogen-bond acceptors (Lipinski definition) is 7. The van der Waals surface area contributed by atoms with Gasteiger partial charge in [0.1, 0.15) is 0 Å². The number of hydrogen-bond donors (Lipinski definition) is 1. The van der Waals surface area contributed by atoms with Crippen LogP contribution in [0.5, 0.6) is 0 Å². The second-order valence-corrected chi connectivity index (χ2v) is 6.18. The lowest BCUT2D eigenvalue weighted by molar-refractivity contribution is -0.432. The van der Waals surface area contributed by atoms with Crippen LogP contribution in [0.1, 0.15) is 11.4 Å². The fraction of sp³-hybridized carbons (Fsp3) is 0.154. The quantitative estimate of drug-likeness (QED) is 0.335. The first-order chi connectivity index (χ1) is 10.6. The van der Waals surface area contributed by atoms with Crippen molar-refractivity contribution in [3.05, 3.63) is 41.0 Å². The van der Waals surface area contributed by atoms with Crippen molar-refractivity contribution in [1.82, 2.24) is 14.8 Å². The van der Waals surface area contributed by atoms with E-state index in [2.05, 4.69) is 24.3 Å². The topological polar surface area (TPSA) is 73.8 Å². The van der Waals surface area contributed by atoms with E-state index in [0.29, 0.717) is 16.5 Å². The Morgan fingerprint density at radius 3 is 2.91 bits per heavy atom. The third kappa shape index (κ3) is 2.58. The Balaban J connectivity index is 2.04. The predicted molar refractivity (Wildman–Crippen MR) is 83.1 cm³/mol. The van der Waals surface area contributed by atoms with Crippen LogP contribution in [-0.4, -0.2) is 20.0 Å². The van der Waals surface area contributed by atoms with E-state index in [9.17, 15) is 0 Å². The molecule has 0 aliphatic rings. The Kier molecular flexibility index (Phi) is 4.10. The lowest BCUT2D eigenvalue weighted by Crippen LogP contribution is -1.97. The predicted octanol–water partition coefficient (Wildman–Crippen LogP) is 4.08. The molecule has 0 fully saturated rings. The fourth-order valence-corrected chi connectivity index (χ4v) is 3.55. The second kappa shape index (κ2) is 6.04. The van der Waals surface area contributed by atoms with Gasteiger partial charge in [0.15, 0.2) is 0 Å². The number of benzene rings is 1. The van der Waals surface area contributed by atoms with Crippen LogP contribution in [0, 0.1) is 20.4 Å². The van der Waals surface area contributed by atoms with Gasteiger partial charge < -0.3 is 0 Å². The van der Waals surface area contributed by atoms with Crippen LogP contribution < -0.4 is 0 Å². The Morgan fingerprint density at radius 2 is 2.23 bits per heavy atom. The van der Waals surface area contributed by atoms with Crippen LogP contribution in [0.4, 0.5) is 5.69 Å². The monoisotopic (exact) mass is 334 g/mol. The zero-order chi connectivity index (χ0) is 15.7. The minimum absolute atomic E-state index is 0.559. The number of aryl methyl sites for hydroxylation is 1.